The van der Waals surface area contributed by atoms with E-state index in [0.29, 0.717) is 0 Å². The standard InChI is InChI=1S/C20H21N3/c1-12-8-6-9-13(2)17(12)19-21-16(5)22-20(23-19)18-14(3)10-7-11-15(18)4/h6-11H,1-5H3. The summed E-state index contributed by atoms with van der Waals surface area (Å²) in [7, 11) is 0. The summed E-state index contributed by atoms with van der Waals surface area (Å²) in [5, 5.41) is 0. The first kappa shape index (κ1) is 15.3. The Labute approximate surface area is 137 Å². The van der Waals surface area contributed by atoms with Crippen LogP contribution in [0.2, 0.25) is 0 Å². The SMILES string of the molecule is Cc1nc(-c2c(C)cccc2C)nc(-c2c(C)cccc2C)n1. The summed E-state index contributed by atoms with van der Waals surface area (Å²) in [6.07, 6.45) is 0. The Hall–Kier alpha value is -2.55. The van der Waals surface area contributed by atoms with E-state index < -0.39 is 0 Å². The van der Waals surface area contributed by atoms with Crippen LogP contribution in [0.25, 0.3) is 22.8 Å². The van der Waals surface area contributed by atoms with E-state index in [0.717, 1.165) is 28.6 Å². The first-order chi connectivity index (χ1) is 11.0. The van der Waals surface area contributed by atoms with E-state index in [2.05, 4.69) is 74.1 Å². The lowest BCUT2D eigenvalue weighted by Crippen LogP contribution is -2.03. The molecule has 0 aliphatic carbocycles. The molecule has 0 N–H and O–H groups in total. The van der Waals surface area contributed by atoms with Crippen LogP contribution in [0.3, 0.4) is 0 Å². The van der Waals surface area contributed by atoms with Crippen LogP contribution in [0.15, 0.2) is 36.4 Å². The second-order valence-corrected chi connectivity index (χ2v) is 6.06. The van der Waals surface area contributed by atoms with Gasteiger partial charge in [-0.3, -0.25) is 0 Å². The van der Waals surface area contributed by atoms with Crippen LogP contribution < -0.4 is 0 Å². The highest BCUT2D eigenvalue weighted by Crippen LogP contribution is 2.28. The zero-order chi connectivity index (χ0) is 16.6. The summed E-state index contributed by atoms with van der Waals surface area (Å²) in [6, 6.07) is 12.5. The highest BCUT2D eigenvalue weighted by Gasteiger charge is 2.14. The van der Waals surface area contributed by atoms with E-state index in [4.69, 9.17) is 4.98 Å². The highest BCUT2D eigenvalue weighted by atomic mass is 15.0. The van der Waals surface area contributed by atoms with Gasteiger partial charge in [0, 0.05) is 11.1 Å². The summed E-state index contributed by atoms with van der Waals surface area (Å²) in [5.41, 5.74) is 6.94. The van der Waals surface area contributed by atoms with Gasteiger partial charge in [-0.1, -0.05) is 36.4 Å². The van der Waals surface area contributed by atoms with Crippen molar-refractivity contribution < 1.29 is 0 Å². The van der Waals surface area contributed by atoms with Crippen molar-refractivity contribution in [2.75, 3.05) is 0 Å². The van der Waals surface area contributed by atoms with Gasteiger partial charge in [-0.15, -0.1) is 0 Å². The zero-order valence-electron chi connectivity index (χ0n) is 14.3. The van der Waals surface area contributed by atoms with Crippen molar-refractivity contribution in [2.45, 2.75) is 34.6 Å². The average Bonchev–Trinajstić information content (AvgIpc) is 2.46. The summed E-state index contributed by atoms with van der Waals surface area (Å²) in [5.74, 6) is 2.26. The molecule has 0 saturated carbocycles. The molecule has 1 aromatic heterocycles. The molecule has 0 amide bonds. The summed E-state index contributed by atoms with van der Waals surface area (Å²) in [6.45, 7) is 10.3. The molecular formula is C20H21N3. The molecule has 0 radical (unpaired) electrons. The number of benzene rings is 2. The Kier molecular flexibility index (Phi) is 3.95. The molecule has 0 spiro atoms. The minimum Gasteiger partial charge on any atom is -0.213 e. The lowest BCUT2D eigenvalue weighted by Gasteiger charge is -2.12. The smallest absolute Gasteiger partial charge is 0.164 e. The van der Waals surface area contributed by atoms with Crippen LogP contribution in [0.1, 0.15) is 28.1 Å². The van der Waals surface area contributed by atoms with Gasteiger partial charge in [0.2, 0.25) is 0 Å². The molecule has 1 heterocycles. The summed E-state index contributed by atoms with van der Waals surface area (Å²) >= 11 is 0. The number of rotatable bonds is 2. The Bertz CT molecular complexity index is 772. The average molecular weight is 303 g/mol. The number of aromatic nitrogens is 3. The molecular weight excluding hydrogens is 282 g/mol. The lowest BCUT2D eigenvalue weighted by molar-refractivity contribution is 0.984. The maximum absolute atomic E-state index is 4.80. The summed E-state index contributed by atoms with van der Waals surface area (Å²) < 4.78 is 0. The molecule has 0 aliphatic heterocycles. The molecule has 0 bridgehead atoms. The van der Waals surface area contributed by atoms with Crippen molar-refractivity contribution in [1.82, 2.24) is 15.0 Å². The Morgan fingerprint density at radius 2 is 0.870 bits per heavy atom. The molecule has 23 heavy (non-hydrogen) atoms. The van der Waals surface area contributed by atoms with E-state index in [1.807, 2.05) is 6.92 Å². The van der Waals surface area contributed by atoms with Crippen molar-refractivity contribution in [3.63, 3.8) is 0 Å². The third-order valence-electron chi connectivity index (χ3n) is 4.16. The normalized spacial score (nSPS) is 10.8. The quantitative estimate of drug-likeness (QED) is 0.686. The van der Waals surface area contributed by atoms with E-state index in [9.17, 15) is 0 Å². The molecule has 3 heteroatoms. The van der Waals surface area contributed by atoms with E-state index in [1.54, 1.807) is 0 Å². The van der Waals surface area contributed by atoms with Crippen LogP contribution >= 0.6 is 0 Å². The fourth-order valence-corrected chi connectivity index (χ4v) is 3.04. The molecule has 0 saturated heterocycles. The fraction of sp³-hybridized carbons (Fsp3) is 0.250. The van der Waals surface area contributed by atoms with Gasteiger partial charge in [0.1, 0.15) is 5.82 Å². The monoisotopic (exact) mass is 303 g/mol. The van der Waals surface area contributed by atoms with Crippen LogP contribution in [0.5, 0.6) is 0 Å². The predicted octanol–water partition coefficient (Wildman–Crippen LogP) is 4.75. The van der Waals surface area contributed by atoms with Gasteiger partial charge < -0.3 is 0 Å². The van der Waals surface area contributed by atoms with Crippen molar-refractivity contribution >= 4 is 0 Å². The van der Waals surface area contributed by atoms with Crippen LogP contribution in [-0.4, -0.2) is 15.0 Å². The topological polar surface area (TPSA) is 38.7 Å². The second-order valence-electron chi connectivity index (χ2n) is 6.06. The molecule has 0 fully saturated rings. The zero-order valence-corrected chi connectivity index (χ0v) is 14.3. The maximum atomic E-state index is 4.80. The molecule has 3 aromatic rings. The van der Waals surface area contributed by atoms with Crippen molar-refractivity contribution in [3.8, 4) is 22.8 Å². The molecule has 0 atom stereocenters. The largest absolute Gasteiger partial charge is 0.213 e. The van der Waals surface area contributed by atoms with Crippen LogP contribution in [-0.2, 0) is 0 Å². The molecule has 2 aromatic carbocycles. The Balaban J connectivity index is 2.26. The van der Waals surface area contributed by atoms with Crippen molar-refractivity contribution in [2.24, 2.45) is 0 Å². The van der Waals surface area contributed by atoms with Gasteiger partial charge in [-0.05, 0) is 56.9 Å². The third kappa shape index (κ3) is 2.87. The van der Waals surface area contributed by atoms with Gasteiger partial charge in [0.05, 0.1) is 0 Å². The highest BCUT2D eigenvalue weighted by molar-refractivity contribution is 5.69. The number of hydrogen-bond acceptors (Lipinski definition) is 3. The molecule has 3 rings (SSSR count). The van der Waals surface area contributed by atoms with Crippen LogP contribution in [0.4, 0.5) is 0 Å². The second kappa shape index (κ2) is 5.92. The number of nitrogens with zero attached hydrogens (tertiary/aromatic N) is 3. The minimum atomic E-state index is 0.746. The first-order valence-corrected chi connectivity index (χ1v) is 7.83. The predicted molar refractivity (Wildman–Crippen MR) is 94.4 cm³/mol. The molecule has 0 unspecified atom stereocenters. The Morgan fingerprint density at radius 3 is 1.22 bits per heavy atom. The van der Waals surface area contributed by atoms with E-state index in [1.165, 1.54) is 22.3 Å². The van der Waals surface area contributed by atoms with E-state index in [-0.39, 0.29) is 0 Å². The third-order valence-corrected chi connectivity index (χ3v) is 4.16. The van der Waals surface area contributed by atoms with Gasteiger partial charge in [-0.2, -0.15) is 0 Å². The molecule has 3 nitrogen and oxygen atoms in total. The van der Waals surface area contributed by atoms with Gasteiger partial charge >= 0.3 is 0 Å². The van der Waals surface area contributed by atoms with Crippen molar-refractivity contribution in [1.29, 1.82) is 0 Å². The lowest BCUT2D eigenvalue weighted by atomic mass is 10.0. The van der Waals surface area contributed by atoms with E-state index >= 15 is 0 Å². The number of hydrogen-bond donors (Lipinski definition) is 0. The maximum Gasteiger partial charge on any atom is 0.164 e. The van der Waals surface area contributed by atoms with Gasteiger partial charge in [0.15, 0.2) is 11.6 Å². The van der Waals surface area contributed by atoms with Gasteiger partial charge in [0.25, 0.3) is 0 Å². The first-order valence-electron chi connectivity index (χ1n) is 7.83. The van der Waals surface area contributed by atoms with Crippen LogP contribution in [0, 0.1) is 34.6 Å². The molecule has 0 aliphatic rings. The summed E-state index contributed by atoms with van der Waals surface area (Å²) in [4.78, 5) is 14.0. The van der Waals surface area contributed by atoms with Crippen molar-refractivity contribution in [3.05, 3.63) is 64.5 Å². The minimum absolute atomic E-state index is 0.746. The van der Waals surface area contributed by atoms with Gasteiger partial charge in [-0.25, -0.2) is 15.0 Å². The molecule has 116 valence electrons. The number of aryl methyl sites for hydroxylation is 5. The fourth-order valence-electron chi connectivity index (χ4n) is 3.04. The Morgan fingerprint density at radius 1 is 0.522 bits per heavy atom.